The van der Waals surface area contributed by atoms with Gasteiger partial charge in [-0.05, 0) is 12.1 Å². The quantitative estimate of drug-likeness (QED) is 0.660. The average molecular weight is 162 g/mol. The maximum Gasteiger partial charge on any atom is 0.150 e. The Hall–Kier alpha value is -1.63. The Balaban J connectivity index is 2.55. The van der Waals surface area contributed by atoms with Crippen LogP contribution in [-0.2, 0) is 0 Å². The van der Waals surface area contributed by atoms with Crippen LogP contribution in [0.15, 0.2) is 18.3 Å². The Morgan fingerprint density at radius 3 is 3.08 bits per heavy atom. The Bertz CT molecular complexity index is 264. The van der Waals surface area contributed by atoms with Gasteiger partial charge in [0.1, 0.15) is 0 Å². The van der Waals surface area contributed by atoms with E-state index in [0.717, 1.165) is 5.82 Å². The molecule has 1 heterocycles. The second-order valence-corrected chi connectivity index (χ2v) is 2.41. The summed E-state index contributed by atoms with van der Waals surface area (Å²) in [5, 5.41) is 16.0. The van der Waals surface area contributed by atoms with Crippen LogP contribution in [0.3, 0.4) is 0 Å². The third-order valence-electron chi connectivity index (χ3n) is 1.51. The van der Waals surface area contributed by atoms with E-state index in [4.69, 9.17) is 5.26 Å². The number of hydrogen-bond donors (Lipinski definition) is 0. The molecule has 0 N–H and O–H groups in total. The van der Waals surface area contributed by atoms with Crippen molar-refractivity contribution in [1.29, 1.82) is 5.26 Å². The summed E-state index contributed by atoms with van der Waals surface area (Å²) in [6.45, 7) is 0.690. The third kappa shape index (κ3) is 2.20. The standard InChI is InChI=1S/C8H10N4/c1-12(7-3-5-9)8-4-2-6-10-11-8/h2,4,6H,3,7H2,1H3. The maximum atomic E-state index is 8.35. The van der Waals surface area contributed by atoms with Gasteiger partial charge in [-0.3, -0.25) is 0 Å². The van der Waals surface area contributed by atoms with E-state index < -0.39 is 0 Å². The zero-order chi connectivity index (χ0) is 8.81. The summed E-state index contributed by atoms with van der Waals surface area (Å²) in [7, 11) is 1.89. The highest BCUT2D eigenvalue weighted by Crippen LogP contribution is 2.04. The number of nitriles is 1. The summed E-state index contributed by atoms with van der Waals surface area (Å²) in [6.07, 6.45) is 2.13. The minimum Gasteiger partial charge on any atom is -0.357 e. The van der Waals surface area contributed by atoms with E-state index in [1.165, 1.54) is 0 Å². The van der Waals surface area contributed by atoms with Gasteiger partial charge in [0.15, 0.2) is 5.82 Å². The average Bonchev–Trinajstić information content (AvgIpc) is 2.15. The van der Waals surface area contributed by atoms with Gasteiger partial charge in [0.05, 0.1) is 12.5 Å². The molecule has 0 radical (unpaired) electrons. The van der Waals surface area contributed by atoms with Gasteiger partial charge in [-0.15, -0.1) is 5.10 Å². The van der Waals surface area contributed by atoms with E-state index in [0.29, 0.717) is 13.0 Å². The summed E-state index contributed by atoms with van der Waals surface area (Å²) in [4.78, 5) is 1.90. The topological polar surface area (TPSA) is 52.8 Å². The first kappa shape index (κ1) is 8.47. The lowest BCUT2D eigenvalue weighted by Crippen LogP contribution is -2.19. The van der Waals surface area contributed by atoms with Gasteiger partial charge in [-0.25, -0.2) is 0 Å². The predicted octanol–water partition coefficient (Wildman–Crippen LogP) is 0.826. The molecule has 0 spiro atoms. The Morgan fingerprint density at radius 2 is 2.50 bits per heavy atom. The predicted molar refractivity (Wildman–Crippen MR) is 45.5 cm³/mol. The van der Waals surface area contributed by atoms with E-state index in [-0.39, 0.29) is 0 Å². The van der Waals surface area contributed by atoms with Crippen LogP contribution in [0.25, 0.3) is 0 Å². The van der Waals surface area contributed by atoms with Gasteiger partial charge in [0, 0.05) is 19.8 Å². The van der Waals surface area contributed by atoms with Crippen LogP contribution < -0.4 is 4.90 Å². The van der Waals surface area contributed by atoms with E-state index >= 15 is 0 Å². The molecule has 1 rings (SSSR count). The molecule has 4 nitrogen and oxygen atoms in total. The Kier molecular flexibility index (Phi) is 3.03. The molecule has 1 aromatic rings. The molecule has 62 valence electrons. The molecule has 0 saturated carbocycles. The molecule has 1 aromatic heterocycles. The molecule has 0 unspecified atom stereocenters. The first-order valence-electron chi connectivity index (χ1n) is 3.70. The Morgan fingerprint density at radius 1 is 1.67 bits per heavy atom. The van der Waals surface area contributed by atoms with Crippen molar-refractivity contribution in [1.82, 2.24) is 10.2 Å². The van der Waals surface area contributed by atoms with Crippen molar-refractivity contribution in [2.24, 2.45) is 0 Å². The van der Waals surface area contributed by atoms with Gasteiger partial charge < -0.3 is 4.90 Å². The highest BCUT2D eigenvalue weighted by atomic mass is 15.2. The fourth-order valence-corrected chi connectivity index (χ4v) is 0.829. The number of nitrogens with zero attached hydrogens (tertiary/aromatic N) is 4. The summed E-state index contributed by atoms with van der Waals surface area (Å²) in [6, 6.07) is 5.77. The van der Waals surface area contributed by atoms with Crippen molar-refractivity contribution in [3.05, 3.63) is 18.3 Å². The summed E-state index contributed by atoms with van der Waals surface area (Å²) in [5.74, 6) is 0.799. The van der Waals surface area contributed by atoms with Crippen LogP contribution in [0.4, 0.5) is 5.82 Å². The zero-order valence-electron chi connectivity index (χ0n) is 6.94. The van der Waals surface area contributed by atoms with Gasteiger partial charge in [0.2, 0.25) is 0 Å². The minimum atomic E-state index is 0.507. The van der Waals surface area contributed by atoms with Gasteiger partial charge in [-0.2, -0.15) is 10.4 Å². The van der Waals surface area contributed by atoms with Crippen LogP contribution in [0.2, 0.25) is 0 Å². The lowest BCUT2D eigenvalue weighted by atomic mass is 10.4. The molecule has 0 aromatic carbocycles. The van der Waals surface area contributed by atoms with Crippen LogP contribution in [-0.4, -0.2) is 23.8 Å². The molecule has 12 heavy (non-hydrogen) atoms. The molecule has 0 aliphatic carbocycles. The van der Waals surface area contributed by atoms with Crippen LogP contribution in [0, 0.1) is 11.3 Å². The fourth-order valence-electron chi connectivity index (χ4n) is 0.829. The minimum absolute atomic E-state index is 0.507. The second kappa shape index (κ2) is 4.29. The molecule has 0 saturated heterocycles. The van der Waals surface area contributed by atoms with E-state index in [2.05, 4.69) is 16.3 Å². The van der Waals surface area contributed by atoms with E-state index in [9.17, 15) is 0 Å². The largest absolute Gasteiger partial charge is 0.357 e. The molecule has 4 heteroatoms. The van der Waals surface area contributed by atoms with Gasteiger partial charge >= 0.3 is 0 Å². The summed E-state index contributed by atoms with van der Waals surface area (Å²) in [5.41, 5.74) is 0. The van der Waals surface area contributed by atoms with Crippen molar-refractivity contribution in [2.75, 3.05) is 18.5 Å². The molecule has 0 atom stereocenters. The number of rotatable bonds is 3. The van der Waals surface area contributed by atoms with Gasteiger partial charge in [-0.1, -0.05) is 0 Å². The highest BCUT2D eigenvalue weighted by molar-refractivity contribution is 5.34. The molecule has 0 aliphatic rings. The lowest BCUT2D eigenvalue weighted by molar-refractivity contribution is 0.859. The van der Waals surface area contributed by atoms with Crippen molar-refractivity contribution in [3.8, 4) is 6.07 Å². The van der Waals surface area contributed by atoms with E-state index in [1.807, 2.05) is 24.1 Å². The highest BCUT2D eigenvalue weighted by Gasteiger charge is 1.99. The lowest BCUT2D eigenvalue weighted by Gasteiger charge is -2.14. The third-order valence-corrected chi connectivity index (χ3v) is 1.51. The van der Waals surface area contributed by atoms with Crippen molar-refractivity contribution >= 4 is 5.82 Å². The smallest absolute Gasteiger partial charge is 0.150 e. The van der Waals surface area contributed by atoms with Crippen molar-refractivity contribution < 1.29 is 0 Å². The van der Waals surface area contributed by atoms with Crippen LogP contribution in [0.5, 0.6) is 0 Å². The molecule has 0 amide bonds. The molecule has 0 fully saturated rings. The fraction of sp³-hybridized carbons (Fsp3) is 0.375. The van der Waals surface area contributed by atoms with Crippen molar-refractivity contribution in [2.45, 2.75) is 6.42 Å². The SMILES string of the molecule is CN(CCC#N)c1cccnn1. The second-order valence-electron chi connectivity index (χ2n) is 2.41. The zero-order valence-corrected chi connectivity index (χ0v) is 6.94. The monoisotopic (exact) mass is 162 g/mol. The Labute approximate surface area is 71.5 Å². The number of anilines is 1. The molecule has 0 aliphatic heterocycles. The summed E-state index contributed by atoms with van der Waals surface area (Å²) < 4.78 is 0. The molecule has 0 bridgehead atoms. The maximum absolute atomic E-state index is 8.35. The van der Waals surface area contributed by atoms with E-state index in [1.54, 1.807) is 6.20 Å². The first-order valence-corrected chi connectivity index (χ1v) is 3.70. The van der Waals surface area contributed by atoms with Crippen LogP contribution in [0.1, 0.15) is 6.42 Å². The summed E-state index contributed by atoms with van der Waals surface area (Å²) >= 11 is 0. The van der Waals surface area contributed by atoms with Gasteiger partial charge in [0.25, 0.3) is 0 Å². The first-order chi connectivity index (χ1) is 5.84. The number of hydrogen-bond acceptors (Lipinski definition) is 4. The molecular weight excluding hydrogens is 152 g/mol. The molecular formula is C8H10N4. The van der Waals surface area contributed by atoms with Crippen LogP contribution >= 0.6 is 0 Å². The number of aromatic nitrogens is 2. The normalized spacial score (nSPS) is 9.00. The van der Waals surface area contributed by atoms with Crippen molar-refractivity contribution in [3.63, 3.8) is 0 Å².